The molecule has 0 bridgehead atoms. The SMILES string of the molecule is Nc1cccc(NN2C(=O)CCCC2=O)c1. The van der Waals surface area contributed by atoms with E-state index in [9.17, 15) is 9.59 Å². The number of nitrogens with one attached hydrogen (secondary N) is 1. The van der Waals surface area contributed by atoms with Crippen LogP contribution in [0, 0.1) is 0 Å². The Morgan fingerprint density at radius 1 is 1.19 bits per heavy atom. The van der Waals surface area contributed by atoms with E-state index in [0.29, 0.717) is 30.6 Å². The maximum Gasteiger partial charge on any atom is 0.248 e. The Kier molecular flexibility index (Phi) is 2.76. The smallest absolute Gasteiger partial charge is 0.248 e. The second kappa shape index (κ2) is 4.22. The van der Waals surface area contributed by atoms with Crippen molar-refractivity contribution in [3.63, 3.8) is 0 Å². The van der Waals surface area contributed by atoms with Gasteiger partial charge in [-0.3, -0.25) is 15.0 Å². The van der Waals surface area contributed by atoms with Crippen molar-refractivity contribution in [2.24, 2.45) is 0 Å². The molecular weight excluding hydrogens is 206 g/mol. The van der Waals surface area contributed by atoms with Crippen molar-refractivity contribution >= 4 is 23.2 Å². The number of piperidine rings is 1. The molecule has 2 rings (SSSR count). The van der Waals surface area contributed by atoms with Gasteiger partial charge in [-0.25, -0.2) is 0 Å². The molecule has 1 aromatic carbocycles. The maximum absolute atomic E-state index is 11.5. The summed E-state index contributed by atoms with van der Waals surface area (Å²) < 4.78 is 0. The van der Waals surface area contributed by atoms with Gasteiger partial charge in [-0.2, -0.15) is 5.01 Å². The predicted octanol–water partition coefficient (Wildman–Crippen LogP) is 1.13. The fraction of sp³-hybridized carbons (Fsp3) is 0.273. The summed E-state index contributed by atoms with van der Waals surface area (Å²) in [6.45, 7) is 0. The number of rotatable bonds is 2. The highest BCUT2D eigenvalue weighted by Gasteiger charge is 2.25. The minimum Gasteiger partial charge on any atom is -0.399 e. The molecule has 0 aromatic heterocycles. The van der Waals surface area contributed by atoms with E-state index in [0.717, 1.165) is 5.01 Å². The van der Waals surface area contributed by atoms with Crippen LogP contribution in [0.2, 0.25) is 0 Å². The molecule has 84 valence electrons. The summed E-state index contributed by atoms with van der Waals surface area (Å²) in [5.41, 5.74) is 9.61. The Morgan fingerprint density at radius 3 is 2.50 bits per heavy atom. The standard InChI is InChI=1S/C11H13N3O2/c12-8-3-1-4-9(7-8)13-14-10(15)5-2-6-11(14)16/h1,3-4,7,13H,2,5-6,12H2. The van der Waals surface area contributed by atoms with Crippen molar-refractivity contribution in [2.45, 2.75) is 19.3 Å². The summed E-state index contributed by atoms with van der Waals surface area (Å²) in [5, 5.41) is 1.07. The number of hydrazine groups is 1. The first kappa shape index (κ1) is 10.5. The van der Waals surface area contributed by atoms with Crippen LogP contribution >= 0.6 is 0 Å². The number of amides is 2. The second-order valence-corrected chi connectivity index (χ2v) is 3.71. The quantitative estimate of drug-likeness (QED) is 0.577. The Morgan fingerprint density at radius 2 is 1.88 bits per heavy atom. The summed E-state index contributed by atoms with van der Waals surface area (Å²) in [6, 6.07) is 6.93. The zero-order valence-corrected chi connectivity index (χ0v) is 8.77. The number of anilines is 2. The van der Waals surface area contributed by atoms with Crippen LogP contribution in [0.15, 0.2) is 24.3 Å². The molecule has 1 aliphatic rings. The molecule has 1 aromatic rings. The third-order valence-corrected chi connectivity index (χ3v) is 2.41. The number of hydrogen-bond donors (Lipinski definition) is 2. The van der Waals surface area contributed by atoms with Crippen LogP contribution < -0.4 is 11.2 Å². The highest BCUT2D eigenvalue weighted by atomic mass is 16.2. The molecule has 1 saturated heterocycles. The minimum absolute atomic E-state index is 0.196. The van der Waals surface area contributed by atoms with E-state index in [1.807, 2.05) is 0 Å². The van der Waals surface area contributed by atoms with E-state index in [-0.39, 0.29) is 11.8 Å². The number of nitrogen functional groups attached to an aromatic ring is 1. The topological polar surface area (TPSA) is 75.4 Å². The molecule has 3 N–H and O–H groups in total. The molecule has 0 aliphatic carbocycles. The van der Waals surface area contributed by atoms with Crippen molar-refractivity contribution in [3.05, 3.63) is 24.3 Å². The van der Waals surface area contributed by atoms with Crippen LogP contribution in [0.5, 0.6) is 0 Å². The molecule has 0 saturated carbocycles. The monoisotopic (exact) mass is 219 g/mol. The lowest BCUT2D eigenvalue weighted by atomic mass is 10.1. The highest BCUT2D eigenvalue weighted by molar-refractivity contribution is 5.98. The molecular formula is C11H13N3O2. The summed E-state index contributed by atoms with van der Waals surface area (Å²) in [5.74, 6) is -0.391. The van der Waals surface area contributed by atoms with Gasteiger partial charge in [0, 0.05) is 18.5 Å². The van der Waals surface area contributed by atoms with E-state index in [4.69, 9.17) is 5.73 Å². The third-order valence-electron chi connectivity index (χ3n) is 2.41. The summed E-state index contributed by atoms with van der Waals surface area (Å²) in [7, 11) is 0. The Hall–Kier alpha value is -2.04. The molecule has 5 heteroatoms. The Bertz CT molecular complexity index is 415. The van der Waals surface area contributed by atoms with Crippen molar-refractivity contribution in [1.82, 2.24) is 5.01 Å². The van der Waals surface area contributed by atoms with Gasteiger partial charge in [0.1, 0.15) is 0 Å². The number of carbonyl (C=O) groups excluding carboxylic acids is 2. The molecule has 1 aliphatic heterocycles. The van der Waals surface area contributed by atoms with Gasteiger partial charge in [-0.05, 0) is 24.6 Å². The van der Waals surface area contributed by atoms with Crippen molar-refractivity contribution in [1.29, 1.82) is 0 Å². The number of carbonyl (C=O) groups is 2. The lowest BCUT2D eigenvalue weighted by Gasteiger charge is -2.25. The van der Waals surface area contributed by atoms with Crippen LogP contribution in [0.25, 0.3) is 0 Å². The van der Waals surface area contributed by atoms with E-state index >= 15 is 0 Å². The molecule has 0 unspecified atom stereocenters. The first-order valence-electron chi connectivity index (χ1n) is 5.15. The number of hydrogen-bond acceptors (Lipinski definition) is 4. The lowest BCUT2D eigenvalue weighted by Crippen LogP contribution is -2.44. The van der Waals surface area contributed by atoms with Crippen LogP contribution in [-0.4, -0.2) is 16.8 Å². The molecule has 2 amide bonds. The van der Waals surface area contributed by atoms with Gasteiger partial charge < -0.3 is 5.73 Å². The van der Waals surface area contributed by atoms with Gasteiger partial charge in [-0.15, -0.1) is 0 Å². The van der Waals surface area contributed by atoms with Crippen LogP contribution in [0.4, 0.5) is 11.4 Å². The van der Waals surface area contributed by atoms with Gasteiger partial charge in [0.05, 0.1) is 5.69 Å². The summed E-state index contributed by atoms with van der Waals surface area (Å²) >= 11 is 0. The number of nitrogens with zero attached hydrogens (tertiary/aromatic N) is 1. The molecule has 1 fully saturated rings. The molecule has 0 atom stereocenters. The predicted molar refractivity (Wildman–Crippen MR) is 60.2 cm³/mol. The van der Waals surface area contributed by atoms with Crippen molar-refractivity contribution < 1.29 is 9.59 Å². The molecule has 5 nitrogen and oxygen atoms in total. The Labute approximate surface area is 93.2 Å². The largest absolute Gasteiger partial charge is 0.399 e. The van der Waals surface area contributed by atoms with E-state index in [1.165, 1.54) is 0 Å². The second-order valence-electron chi connectivity index (χ2n) is 3.71. The van der Waals surface area contributed by atoms with Gasteiger partial charge in [0.15, 0.2) is 0 Å². The van der Waals surface area contributed by atoms with Gasteiger partial charge in [0.25, 0.3) is 0 Å². The van der Waals surface area contributed by atoms with Crippen LogP contribution in [-0.2, 0) is 9.59 Å². The normalized spacial score (nSPS) is 16.4. The van der Waals surface area contributed by atoms with Gasteiger partial charge in [-0.1, -0.05) is 6.07 Å². The van der Waals surface area contributed by atoms with Gasteiger partial charge in [0.2, 0.25) is 11.8 Å². The number of nitrogens with two attached hydrogens (primary N) is 1. The van der Waals surface area contributed by atoms with Crippen molar-refractivity contribution in [3.8, 4) is 0 Å². The summed E-state index contributed by atoms with van der Waals surface area (Å²) in [6.07, 6.45) is 1.44. The zero-order chi connectivity index (χ0) is 11.5. The van der Waals surface area contributed by atoms with Crippen LogP contribution in [0.1, 0.15) is 19.3 Å². The number of benzene rings is 1. The van der Waals surface area contributed by atoms with E-state index < -0.39 is 0 Å². The molecule has 16 heavy (non-hydrogen) atoms. The van der Waals surface area contributed by atoms with E-state index in [1.54, 1.807) is 24.3 Å². The average molecular weight is 219 g/mol. The number of imide groups is 1. The first-order chi connectivity index (χ1) is 7.66. The lowest BCUT2D eigenvalue weighted by molar-refractivity contribution is -0.146. The summed E-state index contributed by atoms with van der Waals surface area (Å²) in [4.78, 5) is 23.0. The first-order valence-corrected chi connectivity index (χ1v) is 5.15. The molecule has 1 heterocycles. The Balaban J connectivity index is 2.13. The fourth-order valence-corrected chi connectivity index (χ4v) is 1.62. The van der Waals surface area contributed by atoms with Crippen molar-refractivity contribution in [2.75, 3.05) is 11.2 Å². The minimum atomic E-state index is -0.196. The zero-order valence-electron chi connectivity index (χ0n) is 8.77. The fourth-order valence-electron chi connectivity index (χ4n) is 1.62. The average Bonchev–Trinajstić information content (AvgIpc) is 2.24. The molecule has 0 radical (unpaired) electrons. The van der Waals surface area contributed by atoms with Crippen LogP contribution in [0.3, 0.4) is 0 Å². The molecule has 0 spiro atoms. The highest BCUT2D eigenvalue weighted by Crippen LogP contribution is 2.17. The van der Waals surface area contributed by atoms with E-state index in [2.05, 4.69) is 5.43 Å². The third kappa shape index (κ3) is 2.13. The van der Waals surface area contributed by atoms with Gasteiger partial charge >= 0.3 is 0 Å². The maximum atomic E-state index is 11.5.